The van der Waals surface area contributed by atoms with Gasteiger partial charge in [-0.05, 0) is 57.0 Å². The summed E-state index contributed by atoms with van der Waals surface area (Å²) in [7, 11) is 1.75. The van der Waals surface area contributed by atoms with Gasteiger partial charge in [-0.15, -0.1) is 0 Å². The molecule has 11 heteroatoms. The highest BCUT2D eigenvalue weighted by molar-refractivity contribution is 9.10. The summed E-state index contributed by atoms with van der Waals surface area (Å²) >= 11 is 3.53. The summed E-state index contributed by atoms with van der Waals surface area (Å²) in [6.07, 6.45) is 2.29. The number of carbonyl (C=O) groups excluding carboxylic acids is 1. The predicted octanol–water partition coefficient (Wildman–Crippen LogP) is 3.41. The topological polar surface area (TPSA) is 113 Å². The lowest BCUT2D eigenvalue weighted by Gasteiger charge is -2.09. The number of rotatable bonds is 8. The molecule has 3 heterocycles. The zero-order valence-electron chi connectivity index (χ0n) is 17.1. The molecule has 0 unspecified atom stereocenters. The lowest BCUT2D eigenvalue weighted by molar-refractivity contribution is -0.116. The molecule has 160 valence electrons. The summed E-state index contributed by atoms with van der Waals surface area (Å²) in [6, 6.07) is 11.5. The summed E-state index contributed by atoms with van der Waals surface area (Å²) in [5.74, 6) is 0.922. The van der Waals surface area contributed by atoms with Gasteiger partial charge in [0.1, 0.15) is 17.9 Å². The lowest BCUT2D eigenvalue weighted by atomic mass is 10.2. The van der Waals surface area contributed by atoms with Crippen LogP contribution in [0.4, 0.5) is 5.82 Å². The number of unbranched alkanes of at least 4 members (excludes halogenated alkanes) is 1. The van der Waals surface area contributed by atoms with E-state index in [0.29, 0.717) is 29.9 Å². The zero-order valence-corrected chi connectivity index (χ0v) is 18.7. The summed E-state index contributed by atoms with van der Waals surface area (Å²) in [5, 5.41) is 14.5. The molecule has 3 aromatic heterocycles. The number of tetrazole rings is 1. The minimum Gasteiger partial charge on any atom is -0.458 e. The van der Waals surface area contributed by atoms with Crippen LogP contribution >= 0.6 is 15.9 Å². The van der Waals surface area contributed by atoms with Crippen LogP contribution in [-0.4, -0.2) is 40.6 Å². The predicted molar refractivity (Wildman–Crippen MR) is 118 cm³/mol. The Morgan fingerprint density at radius 2 is 2.03 bits per heavy atom. The van der Waals surface area contributed by atoms with Gasteiger partial charge in [-0.25, -0.2) is 14.2 Å². The fourth-order valence-corrected chi connectivity index (χ4v) is 3.50. The second-order valence-electron chi connectivity index (χ2n) is 6.89. The maximum absolute atomic E-state index is 12.0. The Kier molecular flexibility index (Phi) is 6.21. The third-order valence-electron chi connectivity index (χ3n) is 4.58. The first kappa shape index (κ1) is 20.9. The van der Waals surface area contributed by atoms with E-state index in [1.54, 1.807) is 22.4 Å². The van der Waals surface area contributed by atoms with Crippen molar-refractivity contribution in [3.05, 3.63) is 46.6 Å². The number of hydrogen-bond donors (Lipinski definition) is 1. The largest absolute Gasteiger partial charge is 0.458 e. The highest BCUT2D eigenvalue weighted by Gasteiger charge is 2.19. The van der Waals surface area contributed by atoms with E-state index < -0.39 is 0 Å². The van der Waals surface area contributed by atoms with E-state index in [4.69, 9.17) is 4.74 Å². The van der Waals surface area contributed by atoms with Gasteiger partial charge >= 0.3 is 6.01 Å². The number of imidazole rings is 1. The molecule has 1 N–H and O–H groups in total. The third kappa shape index (κ3) is 4.55. The number of hydrogen-bond acceptors (Lipinski definition) is 7. The average Bonchev–Trinajstić information content (AvgIpc) is 3.34. The summed E-state index contributed by atoms with van der Waals surface area (Å²) in [4.78, 5) is 21.1. The fraction of sp³-hybridized carbons (Fsp3) is 0.300. The van der Waals surface area contributed by atoms with Crippen molar-refractivity contribution in [3.63, 3.8) is 0 Å². The fourth-order valence-electron chi connectivity index (χ4n) is 3.06. The molecule has 0 atom stereocenters. The van der Waals surface area contributed by atoms with Gasteiger partial charge in [-0.1, -0.05) is 30.6 Å². The monoisotopic (exact) mass is 484 g/mol. The average molecular weight is 485 g/mol. The Labute approximate surface area is 186 Å². The minimum atomic E-state index is -0.0474. The molecule has 4 rings (SSSR count). The van der Waals surface area contributed by atoms with E-state index >= 15 is 0 Å². The molecule has 0 saturated carbocycles. The van der Waals surface area contributed by atoms with Crippen molar-refractivity contribution in [1.82, 2.24) is 34.7 Å². The van der Waals surface area contributed by atoms with Crippen molar-refractivity contribution in [2.45, 2.75) is 32.8 Å². The normalized spacial score (nSPS) is 11.1. The first-order chi connectivity index (χ1) is 15.1. The molecule has 0 fully saturated rings. The van der Waals surface area contributed by atoms with E-state index in [9.17, 15) is 4.79 Å². The van der Waals surface area contributed by atoms with Crippen molar-refractivity contribution in [1.29, 1.82) is 0 Å². The molecule has 0 aliphatic carbocycles. The summed E-state index contributed by atoms with van der Waals surface area (Å²) in [5.41, 5.74) is 2.18. The van der Waals surface area contributed by atoms with Crippen LogP contribution in [0.15, 0.2) is 40.9 Å². The molecule has 0 saturated heterocycles. The number of benzene rings is 1. The van der Waals surface area contributed by atoms with Crippen molar-refractivity contribution in [3.8, 4) is 12.0 Å². The number of halogens is 1. The Morgan fingerprint density at radius 1 is 1.19 bits per heavy atom. The van der Waals surface area contributed by atoms with Gasteiger partial charge in [0.05, 0.1) is 11.2 Å². The number of carbonyl (C=O) groups is 1. The van der Waals surface area contributed by atoms with Crippen LogP contribution in [0.25, 0.3) is 17.0 Å². The van der Waals surface area contributed by atoms with Crippen LogP contribution in [-0.2, 0) is 18.4 Å². The van der Waals surface area contributed by atoms with Crippen LogP contribution in [0.2, 0.25) is 0 Å². The van der Waals surface area contributed by atoms with Crippen molar-refractivity contribution < 1.29 is 9.53 Å². The third-order valence-corrected chi connectivity index (χ3v) is 5.22. The lowest BCUT2D eigenvalue weighted by Crippen LogP contribution is -2.13. The molecule has 0 aliphatic rings. The number of pyridine rings is 1. The SMILES string of the molecule is CCCCC(=O)Nc1cccc(COc2nc3c(Br)cccc3n2-c2nnnn2C)n1. The molecule has 1 aromatic carbocycles. The van der Waals surface area contributed by atoms with E-state index in [1.165, 1.54) is 0 Å². The molecule has 0 radical (unpaired) electrons. The molecule has 31 heavy (non-hydrogen) atoms. The first-order valence-corrected chi connectivity index (χ1v) is 10.6. The van der Waals surface area contributed by atoms with Gasteiger partial charge in [0.15, 0.2) is 0 Å². The van der Waals surface area contributed by atoms with Crippen molar-refractivity contribution >= 4 is 38.7 Å². The number of aromatic nitrogens is 7. The number of ether oxygens (including phenoxy) is 1. The van der Waals surface area contributed by atoms with E-state index in [1.807, 2.05) is 37.3 Å². The molecule has 0 bridgehead atoms. The Bertz CT molecular complexity index is 1220. The van der Waals surface area contributed by atoms with E-state index in [2.05, 4.69) is 46.7 Å². The molecule has 10 nitrogen and oxygen atoms in total. The quantitative estimate of drug-likeness (QED) is 0.407. The van der Waals surface area contributed by atoms with E-state index in [-0.39, 0.29) is 12.5 Å². The van der Waals surface area contributed by atoms with Gasteiger partial charge in [-0.2, -0.15) is 4.98 Å². The van der Waals surface area contributed by atoms with Crippen LogP contribution in [0.3, 0.4) is 0 Å². The summed E-state index contributed by atoms with van der Waals surface area (Å²) < 4.78 is 10.1. The second kappa shape index (κ2) is 9.21. The van der Waals surface area contributed by atoms with E-state index in [0.717, 1.165) is 28.3 Å². The van der Waals surface area contributed by atoms with Crippen molar-refractivity contribution in [2.24, 2.45) is 7.05 Å². The van der Waals surface area contributed by atoms with Gasteiger partial charge < -0.3 is 10.1 Å². The minimum absolute atomic E-state index is 0.0474. The summed E-state index contributed by atoms with van der Waals surface area (Å²) in [6.45, 7) is 2.21. The van der Waals surface area contributed by atoms with Crippen LogP contribution in [0.1, 0.15) is 31.9 Å². The Hall–Kier alpha value is -3.34. The zero-order chi connectivity index (χ0) is 21.8. The number of fused-ring (bicyclic) bond motifs is 1. The standard InChI is InChI=1S/C20H21BrN8O2/c1-3-4-11-17(30)23-16-10-5-7-13(22-16)12-31-20-24-18-14(21)8-6-9-15(18)29(20)19-25-26-27-28(19)2/h5-10H,3-4,11-12H2,1-2H3,(H,22,23,30). The number of anilines is 1. The van der Waals surface area contributed by atoms with Gasteiger partial charge in [0, 0.05) is 17.9 Å². The van der Waals surface area contributed by atoms with Gasteiger partial charge in [0.25, 0.3) is 5.95 Å². The maximum Gasteiger partial charge on any atom is 0.305 e. The highest BCUT2D eigenvalue weighted by atomic mass is 79.9. The number of amides is 1. The number of nitrogens with zero attached hydrogens (tertiary/aromatic N) is 7. The molecule has 1 amide bonds. The maximum atomic E-state index is 12.0. The van der Waals surface area contributed by atoms with Crippen LogP contribution < -0.4 is 10.1 Å². The smallest absolute Gasteiger partial charge is 0.305 e. The van der Waals surface area contributed by atoms with Gasteiger partial charge in [-0.3, -0.25) is 4.79 Å². The Morgan fingerprint density at radius 3 is 2.81 bits per heavy atom. The van der Waals surface area contributed by atoms with Crippen LogP contribution in [0.5, 0.6) is 6.01 Å². The first-order valence-electron chi connectivity index (χ1n) is 9.85. The molecular weight excluding hydrogens is 464 g/mol. The van der Waals surface area contributed by atoms with Gasteiger partial charge in [0.2, 0.25) is 5.91 Å². The number of aryl methyl sites for hydroxylation is 1. The van der Waals surface area contributed by atoms with Crippen molar-refractivity contribution in [2.75, 3.05) is 5.32 Å². The highest BCUT2D eigenvalue weighted by Crippen LogP contribution is 2.30. The molecule has 0 aliphatic heterocycles. The number of para-hydroxylation sites is 1. The van der Waals surface area contributed by atoms with Crippen LogP contribution in [0, 0.1) is 0 Å². The number of nitrogens with one attached hydrogen (secondary N) is 1. The molecule has 0 spiro atoms. The Balaban J connectivity index is 1.59. The molecular formula is C20H21BrN8O2. The molecule has 4 aromatic rings. The second-order valence-corrected chi connectivity index (χ2v) is 7.75.